The lowest BCUT2D eigenvalue weighted by Gasteiger charge is -2.45. The molecule has 0 aromatic heterocycles. The largest absolute Gasteiger partial charge is 0.463 e. The van der Waals surface area contributed by atoms with Crippen molar-refractivity contribution in [1.82, 2.24) is 4.90 Å². The summed E-state index contributed by atoms with van der Waals surface area (Å²) < 4.78 is 17.1. The van der Waals surface area contributed by atoms with Gasteiger partial charge in [-0.15, -0.1) is 0 Å². The molecule has 2 heterocycles. The molecule has 0 bridgehead atoms. The van der Waals surface area contributed by atoms with Crippen LogP contribution in [0.1, 0.15) is 67.2 Å². The molecule has 0 N–H and O–H groups in total. The second-order valence-electron chi connectivity index (χ2n) is 9.15. The van der Waals surface area contributed by atoms with Crippen LogP contribution in [-0.2, 0) is 19.0 Å². The van der Waals surface area contributed by atoms with Gasteiger partial charge in [0.1, 0.15) is 18.4 Å². The van der Waals surface area contributed by atoms with Crippen LogP contribution in [0.2, 0.25) is 0 Å². The molecule has 0 aromatic rings. The number of carbonyl (C=O) groups excluding carboxylic acids is 2. The predicted octanol–water partition coefficient (Wildman–Crippen LogP) is 3.73. The Labute approximate surface area is 151 Å². The number of likely N-dealkylation sites (tertiary alicyclic amines) is 1. The molecule has 2 aliphatic rings. The van der Waals surface area contributed by atoms with Crippen LogP contribution in [0.4, 0.5) is 4.79 Å². The average molecular weight is 355 g/mol. The Bertz CT molecular complexity index is 491. The molecule has 0 radical (unpaired) electrons. The molecular formula is C19H33NO5. The Morgan fingerprint density at radius 1 is 1.08 bits per heavy atom. The quantitative estimate of drug-likeness (QED) is 0.706. The lowest BCUT2D eigenvalue weighted by molar-refractivity contribution is -0.188. The van der Waals surface area contributed by atoms with Crippen molar-refractivity contribution >= 4 is 12.1 Å². The summed E-state index contributed by atoms with van der Waals surface area (Å²) in [5, 5.41) is 0. The Morgan fingerprint density at radius 2 is 1.76 bits per heavy atom. The van der Waals surface area contributed by atoms with Gasteiger partial charge in [-0.2, -0.15) is 0 Å². The molecule has 2 rings (SSSR count). The molecule has 1 amide bonds. The first-order chi connectivity index (χ1) is 11.5. The van der Waals surface area contributed by atoms with E-state index in [1.165, 1.54) is 0 Å². The van der Waals surface area contributed by atoms with Crippen LogP contribution in [0.3, 0.4) is 0 Å². The third-order valence-electron chi connectivity index (χ3n) is 4.52. The van der Waals surface area contributed by atoms with Crippen LogP contribution in [0, 0.1) is 11.3 Å². The third-order valence-corrected chi connectivity index (χ3v) is 4.52. The monoisotopic (exact) mass is 355 g/mol. The highest BCUT2D eigenvalue weighted by atomic mass is 16.6. The van der Waals surface area contributed by atoms with Crippen LogP contribution in [0.15, 0.2) is 0 Å². The lowest BCUT2D eigenvalue weighted by atomic mass is 9.88. The van der Waals surface area contributed by atoms with E-state index in [0.29, 0.717) is 12.5 Å². The number of ether oxygens (including phenoxy) is 3. The Kier molecular flexibility index (Phi) is 6.02. The highest BCUT2D eigenvalue weighted by molar-refractivity contribution is 5.75. The van der Waals surface area contributed by atoms with Gasteiger partial charge in [-0.1, -0.05) is 0 Å². The van der Waals surface area contributed by atoms with Gasteiger partial charge < -0.3 is 14.2 Å². The zero-order chi connectivity index (χ0) is 18.8. The first kappa shape index (κ1) is 20.0. The van der Waals surface area contributed by atoms with Crippen LogP contribution in [-0.4, -0.2) is 48.0 Å². The van der Waals surface area contributed by atoms with Gasteiger partial charge in [0.2, 0.25) is 0 Å². The highest BCUT2D eigenvalue weighted by Crippen LogP contribution is 2.35. The Balaban J connectivity index is 1.96. The van der Waals surface area contributed by atoms with E-state index in [2.05, 4.69) is 0 Å². The van der Waals surface area contributed by atoms with Gasteiger partial charge in [0.25, 0.3) is 0 Å². The van der Waals surface area contributed by atoms with Crippen molar-refractivity contribution in [1.29, 1.82) is 0 Å². The standard InChI is InChI=1S/C19H33NO5/c1-18(2,3)16(21)23-12-14-10-9-13-8-7-11-20(15(13)24-14)17(22)25-19(4,5)6/h13-15H,7-12H2,1-6H3/t13-,14-,15+/m1/s1. The first-order valence-electron chi connectivity index (χ1n) is 9.30. The SMILES string of the molecule is CC(C)(C)OC(=O)N1CCC[C@@H]2CC[C@H](COC(=O)C(C)(C)C)O[C@@H]21. The maximum absolute atomic E-state index is 12.5. The fraction of sp³-hybridized carbons (Fsp3) is 0.895. The molecule has 0 spiro atoms. The molecule has 25 heavy (non-hydrogen) atoms. The lowest BCUT2D eigenvalue weighted by Crippen LogP contribution is -2.55. The first-order valence-corrected chi connectivity index (χ1v) is 9.30. The zero-order valence-electron chi connectivity index (χ0n) is 16.5. The van der Waals surface area contributed by atoms with E-state index < -0.39 is 11.0 Å². The summed E-state index contributed by atoms with van der Waals surface area (Å²) >= 11 is 0. The molecule has 0 aromatic carbocycles. The van der Waals surface area contributed by atoms with Gasteiger partial charge in [0.05, 0.1) is 11.5 Å². The van der Waals surface area contributed by atoms with E-state index in [9.17, 15) is 9.59 Å². The number of carbonyl (C=O) groups is 2. The molecule has 0 aliphatic carbocycles. The molecule has 6 heteroatoms. The van der Waals surface area contributed by atoms with Gasteiger partial charge in [0, 0.05) is 12.5 Å². The molecule has 2 fully saturated rings. The normalized spacial score (nSPS) is 27.4. The topological polar surface area (TPSA) is 65.1 Å². The fourth-order valence-electron chi connectivity index (χ4n) is 3.21. The van der Waals surface area contributed by atoms with Crippen molar-refractivity contribution in [2.45, 2.75) is 85.2 Å². The van der Waals surface area contributed by atoms with Gasteiger partial charge in [-0.05, 0) is 67.2 Å². The van der Waals surface area contributed by atoms with E-state index in [1.807, 2.05) is 41.5 Å². The van der Waals surface area contributed by atoms with E-state index in [0.717, 1.165) is 25.7 Å². The van der Waals surface area contributed by atoms with Crippen LogP contribution in [0.25, 0.3) is 0 Å². The second-order valence-corrected chi connectivity index (χ2v) is 9.15. The van der Waals surface area contributed by atoms with Crippen LogP contribution >= 0.6 is 0 Å². The van der Waals surface area contributed by atoms with E-state index in [-0.39, 0.29) is 31.0 Å². The van der Waals surface area contributed by atoms with Crippen molar-refractivity contribution in [2.75, 3.05) is 13.2 Å². The average Bonchev–Trinajstić information content (AvgIpc) is 2.49. The third kappa shape index (κ3) is 5.59. The summed E-state index contributed by atoms with van der Waals surface area (Å²) in [5.74, 6) is 0.0988. The van der Waals surface area contributed by atoms with Crippen molar-refractivity contribution in [2.24, 2.45) is 11.3 Å². The van der Waals surface area contributed by atoms with Gasteiger partial charge in [0.15, 0.2) is 0 Å². The molecule has 0 unspecified atom stereocenters. The summed E-state index contributed by atoms with van der Waals surface area (Å²) in [5.41, 5.74) is -1.05. The predicted molar refractivity (Wildman–Crippen MR) is 94.0 cm³/mol. The number of rotatable bonds is 2. The molecule has 6 nitrogen and oxygen atoms in total. The molecule has 2 aliphatic heterocycles. The Morgan fingerprint density at radius 3 is 2.36 bits per heavy atom. The molecule has 144 valence electrons. The van der Waals surface area contributed by atoms with Gasteiger partial charge in [-0.3, -0.25) is 9.69 Å². The second kappa shape index (κ2) is 7.52. The molecular weight excluding hydrogens is 322 g/mol. The minimum Gasteiger partial charge on any atom is -0.463 e. The summed E-state index contributed by atoms with van der Waals surface area (Å²) in [4.78, 5) is 26.2. The maximum atomic E-state index is 12.5. The number of amides is 1. The summed E-state index contributed by atoms with van der Waals surface area (Å²) in [7, 11) is 0. The minimum absolute atomic E-state index is 0.171. The van der Waals surface area contributed by atoms with Crippen LogP contribution in [0.5, 0.6) is 0 Å². The van der Waals surface area contributed by atoms with E-state index in [1.54, 1.807) is 4.90 Å². The van der Waals surface area contributed by atoms with Gasteiger partial charge >= 0.3 is 12.1 Å². The number of fused-ring (bicyclic) bond motifs is 1. The summed E-state index contributed by atoms with van der Waals surface area (Å²) in [6, 6.07) is 0. The fourth-order valence-corrected chi connectivity index (χ4v) is 3.21. The molecule has 2 saturated heterocycles. The van der Waals surface area contributed by atoms with Crippen molar-refractivity contribution in [3.63, 3.8) is 0 Å². The number of hydrogen-bond acceptors (Lipinski definition) is 5. The van der Waals surface area contributed by atoms with Crippen molar-refractivity contribution < 1.29 is 23.8 Å². The molecule has 3 atom stereocenters. The van der Waals surface area contributed by atoms with E-state index in [4.69, 9.17) is 14.2 Å². The highest BCUT2D eigenvalue weighted by Gasteiger charge is 2.41. The number of nitrogens with zero attached hydrogens (tertiary/aromatic N) is 1. The van der Waals surface area contributed by atoms with Crippen LogP contribution < -0.4 is 0 Å². The summed E-state index contributed by atoms with van der Waals surface area (Å²) in [6.45, 7) is 12.0. The van der Waals surface area contributed by atoms with E-state index >= 15 is 0 Å². The maximum Gasteiger partial charge on any atom is 0.412 e. The smallest absolute Gasteiger partial charge is 0.412 e. The van der Waals surface area contributed by atoms with Crippen molar-refractivity contribution in [3.8, 4) is 0 Å². The molecule has 0 saturated carbocycles. The number of esters is 1. The number of hydrogen-bond donors (Lipinski definition) is 0. The zero-order valence-corrected chi connectivity index (χ0v) is 16.5. The van der Waals surface area contributed by atoms with Gasteiger partial charge in [-0.25, -0.2) is 4.79 Å². The summed E-state index contributed by atoms with van der Waals surface area (Å²) in [6.07, 6.45) is 3.06. The van der Waals surface area contributed by atoms with Crippen molar-refractivity contribution in [3.05, 3.63) is 0 Å². The minimum atomic E-state index is -0.527. The number of piperidine rings is 1. The Hall–Kier alpha value is -1.30.